The quantitative estimate of drug-likeness (QED) is 0.832. The molecule has 2 rings (SSSR count). The van der Waals surface area contributed by atoms with Gasteiger partial charge in [0.25, 0.3) is 0 Å². The van der Waals surface area contributed by atoms with Gasteiger partial charge in [-0.2, -0.15) is 0 Å². The molecule has 0 spiro atoms. The second-order valence-electron chi connectivity index (χ2n) is 4.61. The summed E-state index contributed by atoms with van der Waals surface area (Å²) in [6.07, 6.45) is 0. The summed E-state index contributed by atoms with van der Waals surface area (Å²) >= 11 is 11.1. The maximum absolute atomic E-state index is 13.1. The summed E-state index contributed by atoms with van der Waals surface area (Å²) in [5, 5.41) is 12.6. The molecule has 7 heteroatoms. The molecule has 1 fully saturated rings. The molecule has 0 amide bonds. The normalized spacial score (nSPS) is 16.2. The average molecular weight is 318 g/mol. The highest BCUT2D eigenvalue weighted by molar-refractivity contribution is 7.80. The lowest BCUT2D eigenvalue weighted by molar-refractivity contribution is 0.148. The van der Waals surface area contributed by atoms with Gasteiger partial charge in [-0.1, -0.05) is 11.6 Å². The summed E-state index contributed by atoms with van der Waals surface area (Å²) in [6, 6.07) is 4.44. The number of benzene rings is 1. The van der Waals surface area contributed by atoms with E-state index >= 15 is 0 Å². The van der Waals surface area contributed by atoms with Crippen molar-refractivity contribution in [3.8, 4) is 0 Å². The summed E-state index contributed by atoms with van der Waals surface area (Å²) in [6.45, 7) is 4.22. The van der Waals surface area contributed by atoms with Crippen molar-refractivity contribution in [3.05, 3.63) is 29.0 Å². The molecule has 1 aromatic rings. The number of halogens is 2. The van der Waals surface area contributed by atoms with Crippen LogP contribution in [0.5, 0.6) is 0 Å². The molecule has 1 aliphatic heterocycles. The first kappa shape index (κ1) is 15.4. The predicted octanol–water partition coefficient (Wildman–Crippen LogP) is 1.79. The molecule has 0 atom stereocenters. The Morgan fingerprint density at radius 3 is 2.65 bits per heavy atom. The van der Waals surface area contributed by atoms with Gasteiger partial charge in [-0.05, 0) is 30.4 Å². The van der Waals surface area contributed by atoms with E-state index in [1.54, 1.807) is 6.07 Å². The van der Waals surface area contributed by atoms with Crippen molar-refractivity contribution >= 4 is 34.6 Å². The van der Waals surface area contributed by atoms with Crippen LogP contribution in [0.4, 0.5) is 10.1 Å². The number of rotatable bonds is 3. The lowest BCUT2D eigenvalue weighted by Crippen LogP contribution is -2.50. The Bertz CT molecular complexity index is 481. The molecule has 2 N–H and O–H groups in total. The van der Waals surface area contributed by atoms with Gasteiger partial charge in [-0.3, -0.25) is 4.90 Å². The van der Waals surface area contributed by atoms with Crippen molar-refractivity contribution in [1.29, 1.82) is 0 Å². The summed E-state index contributed by atoms with van der Waals surface area (Å²) in [7, 11) is 0. The van der Waals surface area contributed by atoms with Crippen LogP contribution in [-0.2, 0) is 0 Å². The van der Waals surface area contributed by atoms with E-state index in [1.165, 1.54) is 12.1 Å². The van der Waals surface area contributed by atoms with Gasteiger partial charge < -0.3 is 15.3 Å². The number of nitrogens with one attached hydrogen (secondary N) is 1. The summed E-state index contributed by atoms with van der Waals surface area (Å²) in [5.41, 5.74) is 0.680. The van der Waals surface area contributed by atoms with Crippen LogP contribution >= 0.6 is 23.8 Å². The summed E-state index contributed by atoms with van der Waals surface area (Å²) in [5.74, 6) is -0.444. The maximum Gasteiger partial charge on any atom is 0.173 e. The zero-order chi connectivity index (χ0) is 14.5. The monoisotopic (exact) mass is 317 g/mol. The number of hydrogen-bond donors (Lipinski definition) is 2. The highest BCUT2D eigenvalue weighted by atomic mass is 35.5. The Labute approximate surface area is 128 Å². The number of thiocarbonyl (C=S) groups is 1. The van der Waals surface area contributed by atoms with Crippen LogP contribution in [0.1, 0.15) is 0 Å². The predicted molar refractivity (Wildman–Crippen MR) is 82.7 cm³/mol. The minimum absolute atomic E-state index is 0.0746. The van der Waals surface area contributed by atoms with E-state index in [0.29, 0.717) is 17.3 Å². The number of anilines is 1. The van der Waals surface area contributed by atoms with E-state index in [1.807, 2.05) is 0 Å². The molecule has 1 saturated heterocycles. The Morgan fingerprint density at radius 2 is 2.05 bits per heavy atom. The van der Waals surface area contributed by atoms with E-state index in [9.17, 15) is 4.39 Å². The zero-order valence-electron chi connectivity index (χ0n) is 11.0. The van der Waals surface area contributed by atoms with Crippen LogP contribution in [0.25, 0.3) is 0 Å². The molecular weight excluding hydrogens is 301 g/mol. The number of aliphatic hydroxyl groups is 1. The molecule has 0 unspecified atom stereocenters. The van der Waals surface area contributed by atoms with Gasteiger partial charge in [0.1, 0.15) is 5.82 Å². The molecule has 0 bridgehead atoms. The second-order valence-corrected chi connectivity index (χ2v) is 5.41. The Kier molecular flexibility index (Phi) is 5.54. The van der Waals surface area contributed by atoms with Crippen molar-refractivity contribution in [1.82, 2.24) is 9.80 Å². The van der Waals surface area contributed by atoms with Gasteiger partial charge >= 0.3 is 0 Å². The van der Waals surface area contributed by atoms with Crippen molar-refractivity contribution in [2.24, 2.45) is 0 Å². The first-order valence-electron chi connectivity index (χ1n) is 6.44. The molecule has 0 saturated carbocycles. The average Bonchev–Trinajstić information content (AvgIpc) is 2.44. The van der Waals surface area contributed by atoms with Crippen molar-refractivity contribution in [2.45, 2.75) is 0 Å². The fraction of sp³-hybridized carbons (Fsp3) is 0.462. The van der Waals surface area contributed by atoms with E-state index < -0.39 is 5.82 Å². The van der Waals surface area contributed by atoms with E-state index in [0.717, 1.165) is 26.2 Å². The standard InChI is InChI=1S/C13H17ClFN3OS/c14-11-9-10(1-2-12(11)15)16-13(20)18-5-3-17(4-6-18)7-8-19/h1-2,9,19H,3-8H2,(H,16,20). The van der Waals surface area contributed by atoms with Gasteiger partial charge in [0.05, 0.1) is 11.6 Å². The van der Waals surface area contributed by atoms with Gasteiger partial charge in [0, 0.05) is 38.4 Å². The van der Waals surface area contributed by atoms with E-state index in [2.05, 4.69) is 15.1 Å². The summed E-state index contributed by atoms with van der Waals surface area (Å²) in [4.78, 5) is 4.24. The van der Waals surface area contributed by atoms with Crippen LogP contribution in [0.3, 0.4) is 0 Å². The Balaban J connectivity index is 1.88. The van der Waals surface area contributed by atoms with Gasteiger partial charge in [-0.25, -0.2) is 4.39 Å². The zero-order valence-corrected chi connectivity index (χ0v) is 12.6. The fourth-order valence-corrected chi connectivity index (χ4v) is 2.57. The third kappa shape index (κ3) is 4.02. The minimum Gasteiger partial charge on any atom is -0.395 e. The second kappa shape index (κ2) is 7.17. The van der Waals surface area contributed by atoms with Crippen LogP contribution in [-0.4, -0.2) is 59.3 Å². The Morgan fingerprint density at radius 1 is 1.35 bits per heavy atom. The number of β-amino-alcohol motifs (C(OH)–C–C–N with tert-alkyl or cyclic N) is 1. The van der Waals surface area contributed by atoms with Crippen molar-refractivity contribution in [3.63, 3.8) is 0 Å². The van der Waals surface area contributed by atoms with Gasteiger partial charge in [0.15, 0.2) is 5.11 Å². The smallest absolute Gasteiger partial charge is 0.173 e. The molecule has 0 aromatic heterocycles. The molecule has 1 aliphatic rings. The number of hydrogen-bond acceptors (Lipinski definition) is 3. The van der Waals surface area contributed by atoms with E-state index in [4.69, 9.17) is 28.9 Å². The number of aliphatic hydroxyl groups excluding tert-OH is 1. The van der Waals surface area contributed by atoms with Crippen LogP contribution in [0, 0.1) is 5.82 Å². The van der Waals surface area contributed by atoms with Crippen LogP contribution in [0.15, 0.2) is 18.2 Å². The lowest BCUT2D eigenvalue weighted by atomic mass is 10.3. The molecule has 4 nitrogen and oxygen atoms in total. The first-order valence-corrected chi connectivity index (χ1v) is 7.23. The molecule has 1 heterocycles. The Hall–Kier alpha value is -0.950. The van der Waals surface area contributed by atoms with E-state index in [-0.39, 0.29) is 11.6 Å². The van der Waals surface area contributed by atoms with Crippen LogP contribution in [0.2, 0.25) is 5.02 Å². The SMILES string of the molecule is OCCN1CCN(C(=S)Nc2ccc(F)c(Cl)c2)CC1. The van der Waals surface area contributed by atoms with Gasteiger partial charge in [-0.15, -0.1) is 0 Å². The van der Waals surface area contributed by atoms with Gasteiger partial charge in [0.2, 0.25) is 0 Å². The maximum atomic E-state index is 13.1. The molecular formula is C13H17ClFN3OS. The molecule has 110 valence electrons. The topological polar surface area (TPSA) is 38.7 Å². The van der Waals surface area contributed by atoms with Crippen molar-refractivity contribution < 1.29 is 9.50 Å². The lowest BCUT2D eigenvalue weighted by Gasteiger charge is -2.35. The fourth-order valence-electron chi connectivity index (χ4n) is 2.09. The molecule has 20 heavy (non-hydrogen) atoms. The summed E-state index contributed by atoms with van der Waals surface area (Å²) < 4.78 is 13.1. The highest BCUT2D eigenvalue weighted by Crippen LogP contribution is 2.19. The van der Waals surface area contributed by atoms with Crippen molar-refractivity contribution in [2.75, 3.05) is 44.6 Å². The highest BCUT2D eigenvalue weighted by Gasteiger charge is 2.18. The molecule has 1 aromatic carbocycles. The number of piperazine rings is 1. The van der Waals surface area contributed by atoms with Crippen LogP contribution < -0.4 is 5.32 Å². The third-order valence-electron chi connectivity index (χ3n) is 3.25. The largest absolute Gasteiger partial charge is 0.395 e. The molecule has 0 radical (unpaired) electrons. The first-order chi connectivity index (χ1) is 9.60. The molecule has 0 aliphatic carbocycles. The number of nitrogens with zero attached hydrogens (tertiary/aromatic N) is 2. The minimum atomic E-state index is -0.444. The third-order valence-corrected chi connectivity index (χ3v) is 3.90.